The van der Waals surface area contributed by atoms with Gasteiger partial charge in [-0.05, 0) is 55.2 Å². The zero-order valence-electron chi connectivity index (χ0n) is 22.0. The Labute approximate surface area is 230 Å². The molecule has 3 aromatic rings. The number of ether oxygens (including phenoxy) is 2. The van der Waals surface area contributed by atoms with Crippen molar-refractivity contribution in [3.8, 4) is 17.6 Å². The molecule has 0 radical (unpaired) electrons. The number of halogens is 2. The van der Waals surface area contributed by atoms with Crippen LogP contribution in [0.25, 0.3) is 0 Å². The van der Waals surface area contributed by atoms with Gasteiger partial charge in [-0.3, -0.25) is 9.63 Å². The van der Waals surface area contributed by atoms with Gasteiger partial charge in [-0.1, -0.05) is 12.1 Å². The summed E-state index contributed by atoms with van der Waals surface area (Å²) in [6, 6.07) is 13.3. The smallest absolute Gasteiger partial charge is 0.227 e. The van der Waals surface area contributed by atoms with Gasteiger partial charge in [0.2, 0.25) is 5.91 Å². The van der Waals surface area contributed by atoms with Crippen molar-refractivity contribution >= 4 is 17.4 Å². The third-order valence-corrected chi connectivity index (χ3v) is 7.52. The number of pyridine rings is 1. The topological polar surface area (TPSA) is 114 Å². The van der Waals surface area contributed by atoms with Gasteiger partial charge in [0.05, 0.1) is 31.1 Å². The van der Waals surface area contributed by atoms with Crippen molar-refractivity contribution < 1.29 is 27.9 Å². The third kappa shape index (κ3) is 5.41. The molecule has 0 aliphatic carbocycles. The number of methoxy groups -OCH3 is 1. The van der Waals surface area contributed by atoms with Crippen LogP contribution < -0.4 is 25.2 Å². The van der Waals surface area contributed by atoms with Gasteiger partial charge in [-0.25, -0.2) is 19.7 Å². The van der Waals surface area contributed by atoms with Gasteiger partial charge in [-0.2, -0.15) is 5.26 Å². The predicted octanol–water partition coefficient (Wildman–Crippen LogP) is 4.03. The van der Waals surface area contributed by atoms with Crippen LogP contribution in [0, 0.1) is 23.0 Å². The molecule has 1 fully saturated rings. The van der Waals surface area contributed by atoms with Crippen molar-refractivity contribution in [1.82, 2.24) is 4.98 Å². The monoisotopic (exact) mass is 549 g/mol. The van der Waals surface area contributed by atoms with Crippen LogP contribution >= 0.6 is 0 Å². The van der Waals surface area contributed by atoms with E-state index in [0.717, 1.165) is 17.8 Å². The Morgan fingerprint density at radius 1 is 1.12 bits per heavy atom. The van der Waals surface area contributed by atoms with Gasteiger partial charge in [0, 0.05) is 25.1 Å². The molecule has 1 aromatic heterocycles. The van der Waals surface area contributed by atoms with Gasteiger partial charge in [0.15, 0.2) is 0 Å². The molecule has 208 valence electrons. The van der Waals surface area contributed by atoms with Gasteiger partial charge in [0.25, 0.3) is 0 Å². The number of hydrogen-bond donors (Lipinski definition) is 1. The van der Waals surface area contributed by atoms with Gasteiger partial charge in [-0.15, -0.1) is 0 Å². The van der Waals surface area contributed by atoms with E-state index < -0.39 is 17.2 Å². The molecule has 0 unspecified atom stereocenters. The number of hydrogen-bond acceptors (Lipinski definition) is 8. The Morgan fingerprint density at radius 3 is 2.55 bits per heavy atom. The van der Waals surface area contributed by atoms with Gasteiger partial charge < -0.3 is 19.3 Å². The van der Waals surface area contributed by atoms with E-state index in [9.17, 15) is 14.4 Å². The fourth-order valence-electron chi connectivity index (χ4n) is 5.23. The van der Waals surface area contributed by atoms with Crippen LogP contribution in [0.2, 0.25) is 0 Å². The number of benzene rings is 2. The molecule has 9 nitrogen and oxygen atoms in total. The average Bonchev–Trinajstić information content (AvgIpc) is 2.98. The number of nitriles is 1. The molecule has 2 aliphatic rings. The Morgan fingerprint density at radius 2 is 1.88 bits per heavy atom. The summed E-state index contributed by atoms with van der Waals surface area (Å²) in [5, 5.41) is 9.38. The molecule has 0 atom stereocenters. The molecule has 11 heteroatoms. The second-order valence-electron chi connectivity index (χ2n) is 9.91. The molecule has 2 N–H and O–H groups in total. The van der Waals surface area contributed by atoms with Gasteiger partial charge in [0.1, 0.15) is 47.2 Å². The Hall–Kier alpha value is -4.27. The summed E-state index contributed by atoms with van der Waals surface area (Å²) in [6.07, 6.45) is 2.57. The molecule has 3 heterocycles. The lowest BCUT2D eigenvalue weighted by molar-refractivity contribution is -0.119. The zero-order chi connectivity index (χ0) is 28.3. The minimum absolute atomic E-state index is 0.101. The van der Waals surface area contributed by atoms with Crippen LogP contribution in [0.5, 0.6) is 11.5 Å². The SMILES string of the molecule is COc1ccc(CN2C(=O)CCc3c(OCC4(ON)CCN(c5ncc(F)cc5C#N)CC4)ccc(F)c32)cc1. The van der Waals surface area contributed by atoms with E-state index in [1.54, 1.807) is 25.3 Å². The molecule has 1 saturated heterocycles. The maximum absolute atomic E-state index is 15.2. The first-order valence-electron chi connectivity index (χ1n) is 12.9. The molecule has 2 aromatic carbocycles. The number of nitrogens with zero attached hydrogens (tertiary/aromatic N) is 4. The molecule has 40 heavy (non-hydrogen) atoms. The van der Waals surface area contributed by atoms with Crippen molar-refractivity contribution in [2.24, 2.45) is 5.90 Å². The normalized spacial score (nSPS) is 16.3. The highest BCUT2D eigenvalue weighted by molar-refractivity contribution is 5.97. The van der Waals surface area contributed by atoms with Crippen molar-refractivity contribution in [1.29, 1.82) is 5.26 Å². The van der Waals surface area contributed by atoms with E-state index >= 15 is 4.39 Å². The molecule has 0 bridgehead atoms. The minimum Gasteiger partial charge on any atom is -0.497 e. The van der Waals surface area contributed by atoms with Crippen molar-refractivity contribution in [3.63, 3.8) is 0 Å². The fourth-order valence-corrected chi connectivity index (χ4v) is 5.23. The summed E-state index contributed by atoms with van der Waals surface area (Å²) in [7, 11) is 1.58. The van der Waals surface area contributed by atoms with Crippen LogP contribution in [0.4, 0.5) is 20.3 Å². The molecule has 1 amide bonds. The second-order valence-corrected chi connectivity index (χ2v) is 9.91. The van der Waals surface area contributed by atoms with Crippen LogP contribution in [0.15, 0.2) is 48.7 Å². The first kappa shape index (κ1) is 27.3. The lowest BCUT2D eigenvalue weighted by atomic mass is 9.91. The molecular weight excluding hydrogens is 520 g/mol. The number of carbonyl (C=O) groups is 1. The summed E-state index contributed by atoms with van der Waals surface area (Å²) in [5.41, 5.74) is 0.993. The van der Waals surface area contributed by atoms with Crippen molar-refractivity contribution in [3.05, 3.63) is 77.0 Å². The highest BCUT2D eigenvalue weighted by Gasteiger charge is 2.38. The number of rotatable bonds is 8. The molecular formula is C29H29F2N5O4. The summed E-state index contributed by atoms with van der Waals surface area (Å²) >= 11 is 0. The second kappa shape index (κ2) is 11.5. The predicted molar refractivity (Wildman–Crippen MR) is 143 cm³/mol. The average molecular weight is 550 g/mol. The maximum atomic E-state index is 15.2. The Balaban J connectivity index is 1.32. The number of amides is 1. The number of nitrogens with two attached hydrogens (primary N) is 1. The van der Waals surface area contributed by atoms with E-state index in [2.05, 4.69) is 4.98 Å². The van der Waals surface area contributed by atoms with E-state index in [1.165, 1.54) is 11.0 Å². The number of fused-ring (bicyclic) bond motifs is 1. The van der Waals surface area contributed by atoms with E-state index in [4.69, 9.17) is 20.2 Å². The van der Waals surface area contributed by atoms with E-state index in [0.29, 0.717) is 55.2 Å². The summed E-state index contributed by atoms with van der Waals surface area (Å²) in [6.45, 7) is 1.23. The number of anilines is 2. The van der Waals surface area contributed by atoms with Crippen molar-refractivity contribution in [2.75, 3.05) is 36.6 Å². The van der Waals surface area contributed by atoms with E-state index in [-0.39, 0.29) is 36.7 Å². The third-order valence-electron chi connectivity index (χ3n) is 7.52. The summed E-state index contributed by atoms with van der Waals surface area (Å²) in [5.74, 6) is 6.06. The highest BCUT2D eigenvalue weighted by Crippen LogP contribution is 2.39. The number of aromatic nitrogens is 1. The Kier molecular flexibility index (Phi) is 7.82. The summed E-state index contributed by atoms with van der Waals surface area (Å²) < 4.78 is 40.1. The van der Waals surface area contributed by atoms with Crippen LogP contribution in [0.3, 0.4) is 0 Å². The molecule has 2 aliphatic heterocycles. The number of piperidine rings is 1. The first-order valence-corrected chi connectivity index (χ1v) is 12.9. The van der Waals surface area contributed by atoms with Crippen LogP contribution in [0.1, 0.15) is 36.0 Å². The number of carbonyl (C=O) groups excluding carboxylic acids is 1. The highest BCUT2D eigenvalue weighted by atomic mass is 19.1. The lowest BCUT2D eigenvalue weighted by Crippen LogP contribution is -2.51. The lowest BCUT2D eigenvalue weighted by Gasteiger charge is -2.40. The minimum atomic E-state index is -0.835. The zero-order valence-corrected chi connectivity index (χ0v) is 22.0. The first-order chi connectivity index (χ1) is 19.4. The Bertz CT molecular complexity index is 1440. The fraction of sp³-hybridized carbons (Fsp3) is 0.345. The quantitative estimate of drug-likeness (QED) is 0.419. The van der Waals surface area contributed by atoms with Gasteiger partial charge >= 0.3 is 0 Å². The standard InChI is InChI=1S/C29H29F2N5O4/c1-38-22-4-2-19(3-5-22)17-36-26(37)9-6-23-25(8-7-24(31)27(23)36)39-18-29(40-33)10-12-35(13-11-29)28-20(15-32)14-21(30)16-34-28/h2-5,7-8,14,16H,6,9-13,17-18,33H2,1H3. The maximum Gasteiger partial charge on any atom is 0.227 e. The molecule has 0 saturated carbocycles. The van der Waals surface area contributed by atoms with Crippen LogP contribution in [-0.4, -0.2) is 43.3 Å². The van der Waals surface area contributed by atoms with Crippen LogP contribution in [-0.2, 0) is 22.6 Å². The molecule has 5 rings (SSSR count). The summed E-state index contributed by atoms with van der Waals surface area (Å²) in [4.78, 5) is 25.7. The molecule has 0 spiro atoms. The largest absolute Gasteiger partial charge is 0.497 e. The van der Waals surface area contributed by atoms with Crippen molar-refractivity contribution in [2.45, 2.75) is 37.8 Å². The van der Waals surface area contributed by atoms with E-state index in [1.807, 2.05) is 23.1 Å².